The van der Waals surface area contributed by atoms with Gasteiger partial charge in [0.2, 0.25) is 10.0 Å². The van der Waals surface area contributed by atoms with E-state index in [0.717, 1.165) is 12.2 Å². The van der Waals surface area contributed by atoms with Gasteiger partial charge in [0, 0.05) is 29.1 Å². The molecule has 1 atom stereocenters. The molecule has 6 heteroatoms. The number of benzene rings is 2. The predicted octanol–water partition coefficient (Wildman–Crippen LogP) is 4.52. The van der Waals surface area contributed by atoms with Crippen molar-refractivity contribution in [2.24, 2.45) is 0 Å². The molecule has 0 spiro atoms. The Hall–Kier alpha value is -1.01. The summed E-state index contributed by atoms with van der Waals surface area (Å²) in [7, 11) is -3.49. The van der Waals surface area contributed by atoms with Crippen molar-refractivity contribution in [2.45, 2.75) is 23.5 Å². The highest BCUT2D eigenvalue weighted by Crippen LogP contribution is 2.37. The van der Waals surface area contributed by atoms with Crippen LogP contribution in [0.25, 0.3) is 0 Å². The van der Waals surface area contributed by atoms with Crippen molar-refractivity contribution in [1.29, 1.82) is 0 Å². The van der Waals surface area contributed by atoms with Crippen molar-refractivity contribution < 1.29 is 8.42 Å². The minimum Gasteiger partial charge on any atom is -0.207 e. The molecule has 0 N–H and O–H groups in total. The van der Waals surface area contributed by atoms with Gasteiger partial charge in [-0.3, -0.25) is 0 Å². The van der Waals surface area contributed by atoms with Gasteiger partial charge in [0.25, 0.3) is 0 Å². The number of halogens is 1. The van der Waals surface area contributed by atoms with Crippen molar-refractivity contribution in [1.82, 2.24) is 4.31 Å². The monoisotopic (exact) mass is 381 g/mol. The number of hydrogen-bond donors (Lipinski definition) is 0. The molecule has 1 heterocycles. The Labute approximate surface area is 153 Å². The SMILES string of the molecule is Cc1ccccc1C1CCN(S(=O)(=O)c2cccc(Cl)c2)CCS1. The molecule has 1 unspecified atom stereocenters. The second-order valence-electron chi connectivity index (χ2n) is 5.87. The molecule has 0 aliphatic carbocycles. The molecule has 0 bridgehead atoms. The normalized spacial score (nSPS) is 19.8. The molecule has 3 nitrogen and oxygen atoms in total. The first-order chi connectivity index (χ1) is 11.5. The standard InChI is InChI=1S/C18H20ClNO2S2/c1-14-5-2-3-8-17(14)18-9-10-20(11-12-23-18)24(21,22)16-7-4-6-15(19)13-16/h2-8,13,18H,9-12H2,1H3. The molecule has 0 saturated carbocycles. The summed E-state index contributed by atoms with van der Waals surface area (Å²) in [5.41, 5.74) is 2.57. The van der Waals surface area contributed by atoms with E-state index in [1.54, 1.807) is 22.5 Å². The highest BCUT2D eigenvalue weighted by atomic mass is 35.5. The van der Waals surface area contributed by atoms with Crippen LogP contribution in [0.5, 0.6) is 0 Å². The van der Waals surface area contributed by atoms with Crippen molar-refractivity contribution in [3.63, 3.8) is 0 Å². The Balaban J connectivity index is 1.79. The van der Waals surface area contributed by atoms with Gasteiger partial charge in [-0.15, -0.1) is 0 Å². The van der Waals surface area contributed by atoms with Gasteiger partial charge >= 0.3 is 0 Å². The summed E-state index contributed by atoms with van der Waals surface area (Å²) in [6, 6.07) is 14.8. The zero-order valence-electron chi connectivity index (χ0n) is 13.5. The van der Waals surface area contributed by atoms with E-state index in [9.17, 15) is 8.42 Å². The minimum absolute atomic E-state index is 0.273. The third kappa shape index (κ3) is 3.80. The van der Waals surface area contributed by atoms with Gasteiger partial charge in [0.05, 0.1) is 4.90 Å². The van der Waals surface area contributed by atoms with E-state index in [4.69, 9.17) is 11.6 Å². The molecule has 0 aromatic heterocycles. The quantitative estimate of drug-likeness (QED) is 0.784. The van der Waals surface area contributed by atoms with Crippen LogP contribution in [-0.4, -0.2) is 31.6 Å². The smallest absolute Gasteiger partial charge is 0.207 e. The molecule has 0 amide bonds. The highest BCUT2D eigenvalue weighted by Gasteiger charge is 2.28. The summed E-state index contributed by atoms with van der Waals surface area (Å²) >= 11 is 7.79. The van der Waals surface area contributed by atoms with Gasteiger partial charge in [0.15, 0.2) is 0 Å². The summed E-state index contributed by atoms with van der Waals surface area (Å²) in [5, 5.41) is 0.781. The lowest BCUT2D eigenvalue weighted by Crippen LogP contribution is -2.33. The lowest BCUT2D eigenvalue weighted by atomic mass is 10.0. The van der Waals surface area contributed by atoms with Crippen LogP contribution in [-0.2, 0) is 10.0 Å². The zero-order chi connectivity index (χ0) is 17.2. The Kier molecular flexibility index (Phi) is 5.55. The van der Waals surface area contributed by atoms with E-state index in [0.29, 0.717) is 23.4 Å². The van der Waals surface area contributed by atoms with Gasteiger partial charge in [-0.25, -0.2) is 8.42 Å². The second-order valence-corrected chi connectivity index (χ2v) is 9.55. The third-order valence-electron chi connectivity index (χ3n) is 4.27. The molecule has 3 rings (SSSR count). The molecule has 2 aromatic carbocycles. The van der Waals surface area contributed by atoms with Crippen LogP contribution >= 0.6 is 23.4 Å². The van der Waals surface area contributed by atoms with Crippen LogP contribution in [0.15, 0.2) is 53.4 Å². The first-order valence-corrected chi connectivity index (χ1v) is 10.8. The number of thioether (sulfide) groups is 1. The van der Waals surface area contributed by atoms with Crippen molar-refractivity contribution >= 4 is 33.4 Å². The average molecular weight is 382 g/mol. The van der Waals surface area contributed by atoms with E-state index >= 15 is 0 Å². The van der Waals surface area contributed by atoms with E-state index in [2.05, 4.69) is 19.1 Å². The fourth-order valence-corrected chi connectivity index (χ4v) is 6.16. The van der Waals surface area contributed by atoms with Gasteiger partial charge < -0.3 is 0 Å². The van der Waals surface area contributed by atoms with Gasteiger partial charge in [-0.2, -0.15) is 16.1 Å². The molecule has 1 fully saturated rings. The van der Waals surface area contributed by atoms with Crippen molar-refractivity contribution in [2.75, 3.05) is 18.8 Å². The average Bonchev–Trinajstić information content (AvgIpc) is 2.82. The van der Waals surface area contributed by atoms with Crippen molar-refractivity contribution in [3.05, 3.63) is 64.7 Å². The summed E-state index contributed by atoms with van der Waals surface area (Å²) in [4.78, 5) is 0.273. The zero-order valence-corrected chi connectivity index (χ0v) is 15.9. The maximum absolute atomic E-state index is 12.9. The molecule has 1 aliphatic heterocycles. The van der Waals surface area contributed by atoms with Crippen LogP contribution in [0.1, 0.15) is 22.8 Å². The van der Waals surface area contributed by atoms with Crippen LogP contribution in [0, 0.1) is 6.92 Å². The van der Waals surface area contributed by atoms with Crippen LogP contribution in [0.4, 0.5) is 0 Å². The van der Waals surface area contributed by atoms with Gasteiger partial charge in [0.1, 0.15) is 0 Å². The minimum atomic E-state index is -3.49. The number of sulfonamides is 1. The first kappa shape index (κ1) is 17.8. The largest absolute Gasteiger partial charge is 0.243 e. The molecule has 1 aliphatic rings. The summed E-state index contributed by atoms with van der Waals surface area (Å²) in [5.74, 6) is 0.790. The van der Waals surface area contributed by atoms with Gasteiger partial charge in [-0.05, 0) is 42.7 Å². The van der Waals surface area contributed by atoms with E-state index in [1.165, 1.54) is 17.2 Å². The van der Waals surface area contributed by atoms with E-state index < -0.39 is 10.0 Å². The van der Waals surface area contributed by atoms with Crippen molar-refractivity contribution in [3.8, 4) is 0 Å². The summed E-state index contributed by atoms with van der Waals surface area (Å²) < 4.78 is 27.3. The van der Waals surface area contributed by atoms with E-state index in [1.807, 2.05) is 23.9 Å². The molecule has 0 radical (unpaired) electrons. The van der Waals surface area contributed by atoms with Crippen LogP contribution in [0.3, 0.4) is 0 Å². The predicted molar refractivity (Wildman–Crippen MR) is 101 cm³/mol. The molecule has 128 valence electrons. The fraction of sp³-hybridized carbons (Fsp3) is 0.333. The maximum atomic E-state index is 12.9. The fourth-order valence-electron chi connectivity index (χ4n) is 2.96. The Morgan fingerprint density at radius 2 is 1.92 bits per heavy atom. The molecular formula is C18H20ClNO2S2. The topological polar surface area (TPSA) is 37.4 Å². The maximum Gasteiger partial charge on any atom is 0.243 e. The molecular weight excluding hydrogens is 362 g/mol. The number of rotatable bonds is 3. The van der Waals surface area contributed by atoms with Crippen LogP contribution in [0.2, 0.25) is 5.02 Å². The number of aryl methyl sites for hydroxylation is 1. The summed E-state index contributed by atoms with van der Waals surface area (Å²) in [6.45, 7) is 3.17. The molecule has 1 saturated heterocycles. The van der Waals surface area contributed by atoms with Crippen LogP contribution < -0.4 is 0 Å². The lowest BCUT2D eigenvalue weighted by Gasteiger charge is -2.20. The number of nitrogens with zero attached hydrogens (tertiary/aromatic N) is 1. The Morgan fingerprint density at radius 1 is 1.12 bits per heavy atom. The van der Waals surface area contributed by atoms with E-state index in [-0.39, 0.29) is 4.90 Å². The molecule has 2 aromatic rings. The van der Waals surface area contributed by atoms with Gasteiger partial charge in [-0.1, -0.05) is 41.9 Å². The number of hydrogen-bond acceptors (Lipinski definition) is 3. The summed E-state index contributed by atoms with van der Waals surface area (Å²) in [6.07, 6.45) is 0.815. The Bertz CT molecular complexity index is 823. The third-order valence-corrected chi connectivity index (χ3v) is 7.71. The highest BCUT2D eigenvalue weighted by molar-refractivity contribution is 7.99. The second kappa shape index (κ2) is 7.48. The lowest BCUT2D eigenvalue weighted by molar-refractivity contribution is 0.428. The first-order valence-electron chi connectivity index (χ1n) is 7.91. The Morgan fingerprint density at radius 3 is 2.67 bits per heavy atom. The molecule has 24 heavy (non-hydrogen) atoms.